The third-order valence-electron chi connectivity index (χ3n) is 7.20. The lowest BCUT2D eigenvalue weighted by Gasteiger charge is -2.38. The van der Waals surface area contributed by atoms with Crippen LogP contribution in [0.5, 0.6) is 0 Å². The highest BCUT2D eigenvalue weighted by atomic mass is 19.1. The maximum absolute atomic E-state index is 13.9. The fourth-order valence-corrected chi connectivity index (χ4v) is 5.20. The molecule has 2 aliphatic rings. The van der Waals surface area contributed by atoms with Gasteiger partial charge in [-0.1, -0.05) is 18.9 Å². The standard InChI is InChI=1S/C24H38FN3O2/c1-18-21(25)4-3-5-22(18)28-16-14-27(15-17-28)13-12-19-6-8-20(9-7-19)23(30-2)10-11-24(26)29/h3-5,19-20,23H,6-17H2,1-2H3,(H2,26,29). The summed E-state index contributed by atoms with van der Waals surface area (Å²) < 4.78 is 19.5. The van der Waals surface area contributed by atoms with Crippen LogP contribution in [0.1, 0.15) is 50.5 Å². The van der Waals surface area contributed by atoms with Crippen molar-refractivity contribution in [1.82, 2.24) is 4.90 Å². The van der Waals surface area contributed by atoms with Gasteiger partial charge >= 0.3 is 0 Å². The lowest BCUT2D eigenvalue weighted by Crippen LogP contribution is -2.47. The number of halogens is 1. The predicted octanol–water partition coefficient (Wildman–Crippen LogP) is 3.73. The minimum atomic E-state index is -0.238. The van der Waals surface area contributed by atoms with Gasteiger partial charge in [-0.25, -0.2) is 4.39 Å². The van der Waals surface area contributed by atoms with Gasteiger partial charge < -0.3 is 15.4 Å². The van der Waals surface area contributed by atoms with Gasteiger partial charge in [0.25, 0.3) is 0 Å². The number of rotatable bonds is 9. The van der Waals surface area contributed by atoms with Crippen molar-refractivity contribution in [3.05, 3.63) is 29.6 Å². The maximum Gasteiger partial charge on any atom is 0.217 e. The van der Waals surface area contributed by atoms with Gasteiger partial charge in [0.15, 0.2) is 0 Å². The van der Waals surface area contributed by atoms with Crippen LogP contribution in [0.2, 0.25) is 0 Å². The summed E-state index contributed by atoms with van der Waals surface area (Å²) in [6.07, 6.45) is 7.47. The van der Waals surface area contributed by atoms with Crippen molar-refractivity contribution in [1.29, 1.82) is 0 Å². The third kappa shape index (κ3) is 6.17. The minimum Gasteiger partial charge on any atom is -0.381 e. The molecular formula is C24H38FN3O2. The Bertz CT molecular complexity index is 683. The Morgan fingerprint density at radius 3 is 2.53 bits per heavy atom. The van der Waals surface area contributed by atoms with E-state index in [2.05, 4.69) is 9.80 Å². The Balaban J connectivity index is 1.36. The van der Waals surface area contributed by atoms with E-state index in [0.29, 0.717) is 12.3 Å². The summed E-state index contributed by atoms with van der Waals surface area (Å²) >= 11 is 0. The van der Waals surface area contributed by atoms with Gasteiger partial charge in [0.1, 0.15) is 5.82 Å². The van der Waals surface area contributed by atoms with Crippen LogP contribution in [0.25, 0.3) is 0 Å². The summed E-state index contributed by atoms with van der Waals surface area (Å²) in [5, 5.41) is 0. The van der Waals surface area contributed by atoms with Crippen LogP contribution in [0.15, 0.2) is 18.2 Å². The number of nitrogens with zero attached hydrogens (tertiary/aromatic N) is 2. The molecule has 0 bridgehead atoms. The topological polar surface area (TPSA) is 58.8 Å². The fraction of sp³-hybridized carbons (Fsp3) is 0.708. The van der Waals surface area contributed by atoms with Gasteiger partial charge in [-0.05, 0) is 63.1 Å². The van der Waals surface area contributed by atoms with E-state index < -0.39 is 0 Å². The molecule has 0 radical (unpaired) electrons. The molecule has 2 fully saturated rings. The molecule has 1 atom stereocenters. The molecular weight excluding hydrogens is 381 g/mol. The number of ether oxygens (including phenoxy) is 1. The Morgan fingerprint density at radius 2 is 1.90 bits per heavy atom. The number of carbonyl (C=O) groups is 1. The number of methoxy groups -OCH3 is 1. The zero-order chi connectivity index (χ0) is 21.5. The molecule has 1 amide bonds. The summed E-state index contributed by atoms with van der Waals surface area (Å²) in [6, 6.07) is 5.38. The molecule has 1 saturated heterocycles. The Kier molecular flexibility index (Phi) is 8.51. The number of nitrogens with two attached hydrogens (primary N) is 1. The zero-order valence-electron chi connectivity index (χ0n) is 18.6. The summed E-state index contributed by atoms with van der Waals surface area (Å²) in [7, 11) is 1.75. The number of piperazine rings is 1. The molecule has 1 aromatic rings. The average molecular weight is 420 g/mol. The molecule has 1 saturated carbocycles. The molecule has 5 nitrogen and oxygen atoms in total. The van der Waals surface area contributed by atoms with Gasteiger partial charge in [-0.3, -0.25) is 9.69 Å². The van der Waals surface area contributed by atoms with Crippen LogP contribution in [0.3, 0.4) is 0 Å². The highest BCUT2D eigenvalue weighted by Gasteiger charge is 2.28. The fourth-order valence-electron chi connectivity index (χ4n) is 5.20. The van der Waals surface area contributed by atoms with E-state index in [1.807, 2.05) is 19.1 Å². The van der Waals surface area contributed by atoms with Crippen molar-refractivity contribution in [2.45, 2.75) is 58.0 Å². The summed E-state index contributed by atoms with van der Waals surface area (Å²) in [5.74, 6) is 0.997. The Morgan fingerprint density at radius 1 is 1.20 bits per heavy atom. The molecule has 1 aromatic carbocycles. The molecule has 3 rings (SSSR count). The van der Waals surface area contributed by atoms with Crippen LogP contribution in [0, 0.1) is 24.6 Å². The SMILES string of the molecule is COC(CCC(N)=O)C1CCC(CCN2CCN(c3cccc(F)c3C)CC2)CC1. The molecule has 1 aliphatic heterocycles. The number of carbonyl (C=O) groups excluding carboxylic acids is 1. The number of benzene rings is 1. The molecule has 2 N–H and O–H groups in total. The van der Waals surface area contributed by atoms with Crippen LogP contribution in [-0.4, -0.2) is 56.7 Å². The zero-order valence-corrected chi connectivity index (χ0v) is 18.6. The minimum absolute atomic E-state index is 0.115. The van der Waals surface area contributed by atoms with E-state index in [0.717, 1.165) is 56.3 Å². The van der Waals surface area contributed by atoms with Crippen LogP contribution >= 0.6 is 0 Å². The van der Waals surface area contributed by atoms with E-state index in [9.17, 15) is 9.18 Å². The molecule has 0 spiro atoms. The normalized spacial score (nSPS) is 24.0. The van der Waals surface area contributed by atoms with Crippen molar-refractivity contribution in [3.8, 4) is 0 Å². The van der Waals surface area contributed by atoms with E-state index >= 15 is 0 Å². The number of hydrogen-bond donors (Lipinski definition) is 1. The van der Waals surface area contributed by atoms with E-state index in [-0.39, 0.29) is 17.8 Å². The first-order valence-electron chi connectivity index (χ1n) is 11.5. The van der Waals surface area contributed by atoms with Crippen LogP contribution in [-0.2, 0) is 9.53 Å². The number of anilines is 1. The van der Waals surface area contributed by atoms with Gasteiger partial charge in [0.2, 0.25) is 5.91 Å². The first-order valence-corrected chi connectivity index (χ1v) is 11.5. The van der Waals surface area contributed by atoms with Crippen LogP contribution in [0.4, 0.5) is 10.1 Å². The smallest absolute Gasteiger partial charge is 0.217 e. The largest absolute Gasteiger partial charge is 0.381 e. The van der Waals surface area contributed by atoms with Crippen LogP contribution < -0.4 is 10.6 Å². The molecule has 168 valence electrons. The second kappa shape index (κ2) is 11.1. The Hall–Kier alpha value is -1.66. The second-order valence-electron chi connectivity index (χ2n) is 9.06. The van der Waals surface area contributed by atoms with Gasteiger partial charge in [-0.15, -0.1) is 0 Å². The van der Waals surface area contributed by atoms with E-state index in [1.165, 1.54) is 38.2 Å². The molecule has 0 aromatic heterocycles. The van der Waals surface area contributed by atoms with Crippen molar-refractivity contribution in [2.24, 2.45) is 17.6 Å². The monoisotopic (exact) mass is 419 g/mol. The first-order chi connectivity index (χ1) is 14.5. The Labute approximate surface area is 180 Å². The predicted molar refractivity (Wildman–Crippen MR) is 119 cm³/mol. The van der Waals surface area contributed by atoms with E-state index in [4.69, 9.17) is 10.5 Å². The van der Waals surface area contributed by atoms with E-state index in [1.54, 1.807) is 7.11 Å². The lowest BCUT2D eigenvalue weighted by molar-refractivity contribution is -0.119. The van der Waals surface area contributed by atoms with Crippen molar-refractivity contribution >= 4 is 11.6 Å². The highest BCUT2D eigenvalue weighted by molar-refractivity contribution is 5.73. The number of amides is 1. The third-order valence-corrected chi connectivity index (χ3v) is 7.20. The van der Waals surface area contributed by atoms with Gasteiger partial charge in [0.05, 0.1) is 6.10 Å². The van der Waals surface area contributed by atoms with Crippen molar-refractivity contribution < 1.29 is 13.9 Å². The molecule has 30 heavy (non-hydrogen) atoms. The van der Waals surface area contributed by atoms with Gasteiger partial charge in [0, 0.05) is 51.0 Å². The molecule has 1 heterocycles. The summed E-state index contributed by atoms with van der Waals surface area (Å²) in [4.78, 5) is 15.9. The van der Waals surface area contributed by atoms with Crippen molar-refractivity contribution in [3.63, 3.8) is 0 Å². The number of primary amides is 1. The quantitative estimate of drug-likeness (QED) is 0.663. The molecule has 1 unspecified atom stereocenters. The first kappa shape index (κ1) is 23.0. The maximum atomic E-state index is 13.9. The highest BCUT2D eigenvalue weighted by Crippen LogP contribution is 2.35. The summed E-state index contributed by atoms with van der Waals surface area (Å²) in [5.41, 5.74) is 7.09. The summed E-state index contributed by atoms with van der Waals surface area (Å²) in [6.45, 7) is 7.04. The second-order valence-corrected chi connectivity index (χ2v) is 9.06. The number of hydrogen-bond acceptors (Lipinski definition) is 4. The average Bonchev–Trinajstić information content (AvgIpc) is 2.76. The molecule has 6 heteroatoms. The van der Waals surface area contributed by atoms with Gasteiger partial charge in [-0.2, -0.15) is 0 Å². The lowest BCUT2D eigenvalue weighted by atomic mass is 9.77. The molecule has 1 aliphatic carbocycles. The van der Waals surface area contributed by atoms with Crippen molar-refractivity contribution in [2.75, 3.05) is 44.7 Å².